The number of rotatable bonds is 7. The van der Waals surface area contributed by atoms with Gasteiger partial charge in [-0.05, 0) is 17.4 Å². The predicted octanol–water partition coefficient (Wildman–Crippen LogP) is 4.22. The normalized spacial score (nSPS) is 11.8. The van der Waals surface area contributed by atoms with E-state index < -0.39 is 0 Å². The first-order valence-electron chi connectivity index (χ1n) is 7.95. The minimum Gasteiger partial charge on any atom is -0.312 e. The third kappa shape index (κ3) is 4.82. The van der Waals surface area contributed by atoms with E-state index in [0.29, 0.717) is 11.8 Å². The van der Waals surface area contributed by atoms with Crippen LogP contribution in [0.15, 0.2) is 35.1 Å². The van der Waals surface area contributed by atoms with Crippen molar-refractivity contribution in [2.45, 2.75) is 34.2 Å². The van der Waals surface area contributed by atoms with Gasteiger partial charge >= 0.3 is 4.87 Å². The van der Waals surface area contributed by atoms with Crippen molar-refractivity contribution >= 4 is 11.3 Å². The number of aromatic amines is 1. The van der Waals surface area contributed by atoms with Crippen LogP contribution in [0.1, 0.15) is 32.6 Å². The van der Waals surface area contributed by atoms with Crippen molar-refractivity contribution in [3.8, 4) is 11.3 Å². The number of hydrogen-bond acceptors (Lipinski definition) is 3. The van der Waals surface area contributed by atoms with E-state index in [2.05, 4.69) is 49.7 Å². The summed E-state index contributed by atoms with van der Waals surface area (Å²) in [6.07, 6.45) is 0. The molecule has 1 N–H and O–H groups in total. The Morgan fingerprint density at radius 1 is 1.05 bits per heavy atom. The van der Waals surface area contributed by atoms with Gasteiger partial charge in [-0.2, -0.15) is 0 Å². The molecule has 0 aliphatic heterocycles. The highest BCUT2D eigenvalue weighted by Crippen LogP contribution is 2.24. The fourth-order valence-electron chi connectivity index (χ4n) is 2.75. The molecule has 0 aliphatic carbocycles. The molecule has 0 bridgehead atoms. The minimum absolute atomic E-state index is 0.0305. The highest BCUT2D eigenvalue weighted by Gasteiger charge is 2.16. The molecule has 0 unspecified atom stereocenters. The molecule has 0 spiro atoms. The van der Waals surface area contributed by atoms with E-state index in [1.165, 1.54) is 11.3 Å². The van der Waals surface area contributed by atoms with E-state index in [1.54, 1.807) is 0 Å². The summed E-state index contributed by atoms with van der Waals surface area (Å²) in [5.41, 5.74) is 2.07. The van der Waals surface area contributed by atoms with E-state index in [9.17, 15) is 4.79 Å². The molecule has 1 aromatic heterocycles. The van der Waals surface area contributed by atoms with Crippen molar-refractivity contribution < 1.29 is 0 Å². The second-order valence-electron chi connectivity index (χ2n) is 6.66. The number of H-pyrrole nitrogens is 1. The lowest BCUT2D eigenvalue weighted by Crippen LogP contribution is -2.30. The van der Waals surface area contributed by atoms with Crippen LogP contribution in [-0.4, -0.2) is 23.0 Å². The molecule has 120 valence electrons. The van der Waals surface area contributed by atoms with Gasteiger partial charge in [-0.3, -0.25) is 9.69 Å². The van der Waals surface area contributed by atoms with Crippen molar-refractivity contribution in [2.75, 3.05) is 13.1 Å². The van der Waals surface area contributed by atoms with E-state index >= 15 is 0 Å². The highest BCUT2D eigenvalue weighted by atomic mass is 32.1. The van der Waals surface area contributed by atoms with Gasteiger partial charge in [0.15, 0.2) is 0 Å². The van der Waals surface area contributed by atoms with Crippen molar-refractivity contribution in [2.24, 2.45) is 11.8 Å². The molecule has 2 rings (SSSR count). The number of thiazole rings is 1. The van der Waals surface area contributed by atoms with Crippen LogP contribution in [0.3, 0.4) is 0 Å². The summed E-state index contributed by atoms with van der Waals surface area (Å²) < 4.78 is 0. The van der Waals surface area contributed by atoms with Crippen LogP contribution in [0.25, 0.3) is 11.3 Å². The van der Waals surface area contributed by atoms with Gasteiger partial charge in [-0.25, -0.2) is 0 Å². The van der Waals surface area contributed by atoms with Crippen molar-refractivity contribution in [1.82, 2.24) is 9.88 Å². The van der Waals surface area contributed by atoms with Crippen LogP contribution in [0.5, 0.6) is 0 Å². The summed E-state index contributed by atoms with van der Waals surface area (Å²) in [7, 11) is 0. The zero-order valence-corrected chi connectivity index (χ0v) is 14.7. The lowest BCUT2D eigenvalue weighted by molar-refractivity contribution is 0.213. The lowest BCUT2D eigenvalue weighted by Gasteiger charge is -2.25. The van der Waals surface area contributed by atoms with E-state index in [4.69, 9.17) is 0 Å². The molecule has 1 heterocycles. The van der Waals surface area contributed by atoms with Crippen molar-refractivity contribution in [3.63, 3.8) is 0 Å². The van der Waals surface area contributed by atoms with Crippen LogP contribution < -0.4 is 4.87 Å². The van der Waals surface area contributed by atoms with Crippen molar-refractivity contribution in [3.05, 3.63) is 44.9 Å². The van der Waals surface area contributed by atoms with E-state index in [-0.39, 0.29) is 4.87 Å². The first kappa shape index (κ1) is 17.0. The fourth-order valence-corrected chi connectivity index (χ4v) is 3.64. The number of aromatic nitrogens is 1. The van der Waals surface area contributed by atoms with Gasteiger partial charge in [-0.15, -0.1) is 0 Å². The Kier molecular flexibility index (Phi) is 5.98. The molecule has 1 aromatic carbocycles. The van der Waals surface area contributed by atoms with Gasteiger partial charge < -0.3 is 4.98 Å². The Morgan fingerprint density at radius 3 is 2.18 bits per heavy atom. The lowest BCUT2D eigenvalue weighted by atomic mass is 10.1. The Hall–Kier alpha value is -1.39. The summed E-state index contributed by atoms with van der Waals surface area (Å²) in [4.78, 5) is 18.5. The number of nitrogens with one attached hydrogen (secondary N) is 1. The third-order valence-electron chi connectivity index (χ3n) is 3.40. The van der Waals surface area contributed by atoms with Crippen LogP contribution >= 0.6 is 11.3 Å². The molecule has 3 nitrogen and oxygen atoms in total. The molecule has 0 saturated heterocycles. The molecular weight excluding hydrogens is 292 g/mol. The first-order chi connectivity index (χ1) is 10.5. The second-order valence-corrected chi connectivity index (χ2v) is 7.73. The summed E-state index contributed by atoms with van der Waals surface area (Å²) in [5, 5.41) is 0. The summed E-state index contributed by atoms with van der Waals surface area (Å²) in [5.74, 6) is 1.24. The Balaban J connectivity index is 2.25. The fraction of sp³-hybridized carbons (Fsp3) is 0.500. The van der Waals surface area contributed by atoms with Crippen LogP contribution in [-0.2, 0) is 6.54 Å². The molecule has 0 amide bonds. The molecule has 0 aliphatic rings. The van der Waals surface area contributed by atoms with Crippen LogP contribution in [0, 0.1) is 11.8 Å². The molecule has 2 aromatic rings. The molecule has 0 radical (unpaired) electrons. The van der Waals surface area contributed by atoms with E-state index in [1.807, 2.05) is 18.2 Å². The number of nitrogens with zero attached hydrogens (tertiary/aromatic N) is 1. The standard InChI is InChI=1S/C18H26N2OS/c1-13(2)10-20(11-14(3)4)12-16-17(19-18(21)22-16)15-8-6-5-7-9-15/h5-9,13-14H,10-12H2,1-4H3,(H,19,21). The quantitative estimate of drug-likeness (QED) is 0.830. The smallest absolute Gasteiger partial charge is 0.305 e. The van der Waals surface area contributed by atoms with Crippen LogP contribution in [0.2, 0.25) is 0 Å². The largest absolute Gasteiger partial charge is 0.312 e. The molecule has 4 heteroatoms. The number of hydrogen-bond donors (Lipinski definition) is 1. The molecule has 0 atom stereocenters. The van der Waals surface area contributed by atoms with Crippen molar-refractivity contribution in [1.29, 1.82) is 0 Å². The minimum atomic E-state index is 0.0305. The summed E-state index contributed by atoms with van der Waals surface area (Å²) in [6, 6.07) is 10.1. The molecular formula is C18H26N2OS. The maximum Gasteiger partial charge on any atom is 0.305 e. The van der Waals surface area contributed by atoms with Gasteiger partial charge in [0.05, 0.1) is 5.69 Å². The maximum atomic E-state index is 11.9. The van der Waals surface area contributed by atoms with Gasteiger partial charge in [-0.1, -0.05) is 69.4 Å². The zero-order chi connectivity index (χ0) is 16.1. The van der Waals surface area contributed by atoms with Gasteiger partial charge in [0.25, 0.3) is 0 Å². The SMILES string of the molecule is CC(C)CN(Cc1sc(=O)[nH]c1-c1ccccc1)CC(C)C. The number of benzene rings is 1. The average Bonchev–Trinajstić information content (AvgIpc) is 2.79. The summed E-state index contributed by atoms with van der Waals surface area (Å²) >= 11 is 1.34. The van der Waals surface area contributed by atoms with Crippen LogP contribution in [0.4, 0.5) is 0 Å². The monoisotopic (exact) mass is 318 g/mol. The topological polar surface area (TPSA) is 36.1 Å². The Bertz CT molecular complexity index is 618. The highest BCUT2D eigenvalue weighted by molar-refractivity contribution is 7.09. The molecule has 0 saturated carbocycles. The molecule has 0 fully saturated rings. The van der Waals surface area contributed by atoms with Gasteiger partial charge in [0.1, 0.15) is 0 Å². The first-order valence-corrected chi connectivity index (χ1v) is 8.77. The van der Waals surface area contributed by atoms with Gasteiger partial charge in [0.2, 0.25) is 0 Å². The maximum absolute atomic E-state index is 11.9. The zero-order valence-electron chi connectivity index (χ0n) is 13.9. The predicted molar refractivity (Wildman–Crippen MR) is 95.3 cm³/mol. The van der Waals surface area contributed by atoms with E-state index in [0.717, 1.165) is 35.8 Å². The third-order valence-corrected chi connectivity index (χ3v) is 4.27. The summed E-state index contributed by atoms with van der Waals surface area (Å²) in [6.45, 7) is 11.9. The second kappa shape index (κ2) is 7.75. The van der Waals surface area contributed by atoms with Gasteiger partial charge in [0, 0.05) is 24.5 Å². The Labute approximate surface area is 137 Å². The average molecular weight is 318 g/mol. The molecule has 22 heavy (non-hydrogen) atoms. The Morgan fingerprint density at radius 2 is 1.64 bits per heavy atom.